The topological polar surface area (TPSA) is 110 Å². The number of phenols is 1. The zero-order valence-corrected chi connectivity index (χ0v) is 11.0. The first-order chi connectivity index (χ1) is 8.50. The van der Waals surface area contributed by atoms with E-state index in [0.717, 1.165) is 19.3 Å². The Hall–Kier alpha value is -1.37. The summed E-state index contributed by atoms with van der Waals surface area (Å²) in [6.45, 7) is 0. The smallest absolute Gasteiger partial charge is 0.270 e. The van der Waals surface area contributed by atoms with Crippen molar-refractivity contribution in [2.24, 2.45) is 11.7 Å². The zero-order chi connectivity index (χ0) is 13.3. The van der Waals surface area contributed by atoms with Gasteiger partial charge in [0.25, 0.3) is 5.69 Å². The van der Waals surface area contributed by atoms with Gasteiger partial charge in [0.1, 0.15) is 5.75 Å². The molecular formula is C12H17ClN2O4. The van der Waals surface area contributed by atoms with Gasteiger partial charge in [-0.15, -0.1) is 12.4 Å². The third kappa shape index (κ3) is 3.15. The Morgan fingerprint density at radius 1 is 1.42 bits per heavy atom. The minimum atomic E-state index is -0.796. The molecule has 0 amide bonds. The molecule has 0 saturated heterocycles. The molecule has 0 unspecified atom stereocenters. The summed E-state index contributed by atoms with van der Waals surface area (Å²) in [6.07, 6.45) is 2.11. The second-order valence-corrected chi connectivity index (χ2v) is 4.71. The lowest BCUT2D eigenvalue weighted by atomic mass is 9.77. The third-order valence-electron chi connectivity index (χ3n) is 3.58. The minimum Gasteiger partial charge on any atom is -0.508 e. The highest BCUT2D eigenvalue weighted by Gasteiger charge is 2.32. The van der Waals surface area contributed by atoms with Crippen molar-refractivity contribution in [2.75, 3.05) is 0 Å². The number of benzene rings is 1. The van der Waals surface area contributed by atoms with E-state index >= 15 is 0 Å². The first kappa shape index (κ1) is 15.7. The van der Waals surface area contributed by atoms with Crippen molar-refractivity contribution in [1.29, 1.82) is 0 Å². The number of hydrogen-bond acceptors (Lipinski definition) is 5. The van der Waals surface area contributed by atoms with E-state index in [9.17, 15) is 20.3 Å². The molecule has 0 bridgehead atoms. The standard InChI is InChI=1S/C12H16N2O4.ClH/c13-11(12(16)7-2-1-3-7)9-6-8(14(17)18)4-5-10(9)15;/h4-7,11-12,15-16H,1-3,13H2;1H/t11-,12+;/m0./s1. The van der Waals surface area contributed by atoms with E-state index in [-0.39, 0.29) is 35.3 Å². The second kappa shape index (κ2) is 6.18. The fourth-order valence-electron chi connectivity index (χ4n) is 2.18. The molecule has 1 fully saturated rings. The quantitative estimate of drug-likeness (QED) is 0.579. The second-order valence-electron chi connectivity index (χ2n) is 4.71. The maximum absolute atomic E-state index is 10.7. The number of aliphatic hydroxyl groups is 1. The molecule has 6 nitrogen and oxygen atoms in total. The van der Waals surface area contributed by atoms with Crippen molar-refractivity contribution in [3.8, 4) is 5.75 Å². The van der Waals surface area contributed by atoms with Crippen LogP contribution >= 0.6 is 12.4 Å². The lowest BCUT2D eigenvalue weighted by Crippen LogP contribution is -2.36. The molecule has 2 rings (SSSR count). The molecule has 0 radical (unpaired) electrons. The van der Waals surface area contributed by atoms with Crippen LogP contribution in [-0.2, 0) is 0 Å². The molecule has 4 N–H and O–H groups in total. The normalized spacial score (nSPS) is 18.0. The number of nitro benzene ring substituents is 1. The van der Waals surface area contributed by atoms with Crippen LogP contribution in [-0.4, -0.2) is 21.2 Å². The molecular weight excluding hydrogens is 272 g/mol. The summed E-state index contributed by atoms with van der Waals surface area (Å²) in [4.78, 5) is 10.1. The van der Waals surface area contributed by atoms with Gasteiger partial charge < -0.3 is 15.9 Å². The molecule has 1 aliphatic rings. The van der Waals surface area contributed by atoms with Crippen LogP contribution < -0.4 is 5.73 Å². The Morgan fingerprint density at radius 3 is 2.53 bits per heavy atom. The number of aliphatic hydroxyl groups excluding tert-OH is 1. The number of aromatic hydroxyl groups is 1. The molecule has 0 spiro atoms. The predicted molar refractivity (Wildman–Crippen MR) is 72.3 cm³/mol. The summed E-state index contributed by atoms with van der Waals surface area (Å²) in [5, 5.41) is 30.4. The van der Waals surface area contributed by atoms with Crippen molar-refractivity contribution in [1.82, 2.24) is 0 Å². The van der Waals surface area contributed by atoms with Gasteiger partial charge in [0.05, 0.1) is 17.1 Å². The fourth-order valence-corrected chi connectivity index (χ4v) is 2.18. The molecule has 2 atom stereocenters. The van der Waals surface area contributed by atoms with E-state index < -0.39 is 17.1 Å². The van der Waals surface area contributed by atoms with Gasteiger partial charge in [0.2, 0.25) is 0 Å². The van der Waals surface area contributed by atoms with E-state index in [4.69, 9.17) is 5.73 Å². The van der Waals surface area contributed by atoms with Crippen LogP contribution in [0.3, 0.4) is 0 Å². The SMILES string of the molecule is Cl.N[C@@H](c1cc([N+](=O)[O-])ccc1O)[C@H](O)C1CCC1. The number of hydrogen-bond donors (Lipinski definition) is 3. The van der Waals surface area contributed by atoms with Crippen molar-refractivity contribution < 1.29 is 15.1 Å². The van der Waals surface area contributed by atoms with E-state index in [1.165, 1.54) is 18.2 Å². The minimum absolute atomic E-state index is 0. The fraction of sp³-hybridized carbons (Fsp3) is 0.500. The molecule has 1 aromatic rings. The number of nitrogens with zero attached hydrogens (tertiary/aromatic N) is 1. The highest BCUT2D eigenvalue weighted by atomic mass is 35.5. The summed E-state index contributed by atoms with van der Waals surface area (Å²) >= 11 is 0. The van der Waals surface area contributed by atoms with Crippen LogP contribution in [0.25, 0.3) is 0 Å². The van der Waals surface area contributed by atoms with Crippen molar-refractivity contribution >= 4 is 18.1 Å². The van der Waals surface area contributed by atoms with Gasteiger partial charge in [-0.05, 0) is 24.8 Å². The van der Waals surface area contributed by atoms with Crippen LogP contribution in [0.4, 0.5) is 5.69 Å². The highest BCUT2D eigenvalue weighted by molar-refractivity contribution is 5.85. The Labute approximate surface area is 116 Å². The molecule has 0 heterocycles. The van der Waals surface area contributed by atoms with E-state index in [1.54, 1.807) is 0 Å². The Kier molecular flexibility index (Phi) is 5.11. The molecule has 1 aliphatic carbocycles. The average Bonchev–Trinajstić information content (AvgIpc) is 2.26. The summed E-state index contributed by atoms with van der Waals surface area (Å²) in [5.74, 6) is 0.00476. The van der Waals surface area contributed by atoms with Crippen LogP contribution in [0, 0.1) is 16.0 Å². The van der Waals surface area contributed by atoms with Crippen molar-refractivity contribution in [2.45, 2.75) is 31.4 Å². The molecule has 7 heteroatoms. The van der Waals surface area contributed by atoms with E-state index in [0.29, 0.717) is 0 Å². The predicted octanol–water partition coefficient (Wildman–Crippen LogP) is 1.88. The van der Waals surface area contributed by atoms with Crippen molar-refractivity contribution in [3.05, 3.63) is 33.9 Å². The number of phenolic OH excluding ortho intramolecular Hbond substituents is 1. The summed E-state index contributed by atoms with van der Waals surface area (Å²) in [5.41, 5.74) is 5.97. The average molecular weight is 289 g/mol. The number of halogens is 1. The lowest BCUT2D eigenvalue weighted by molar-refractivity contribution is -0.385. The van der Waals surface area contributed by atoms with Crippen LogP contribution in [0.15, 0.2) is 18.2 Å². The Bertz CT molecular complexity index is 465. The van der Waals surface area contributed by atoms with Gasteiger partial charge in [0.15, 0.2) is 0 Å². The van der Waals surface area contributed by atoms with Gasteiger partial charge in [-0.3, -0.25) is 10.1 Å². The zero-order valence-electron chi connectivity index (χ0n) is 10.2. The molecule has 106 valence electrons. The Morgan fingerprint density at radius 2 is 2.05 bits per heavy atom. The number of nitro groups is 1. The first-order valence-electron chi connectivity index (χ1n) is 5.91. The van der Waals surface area contributed by atoms with Crippen molar-refractivity contribution in [3.63, 3.8) is 0 Å². The summed E-state index contributed by atoms with van der Waals surface area (Å²) in [6, 6.07) is 2.87. The number of non-ortho nitro benzene ring substituents is 1. The van der Waals surface area contributed by atoms with Gasteiger partial charge in [-0.25, -0.2) is 0 Å². The van der Waals surface area contributed by atoms with Crippen LogP contribution in [0.1, 0.15) is 30.9 Å². The number of nitrogens with two attached hydrogens (primary N) is 1. The maximum atomic E-state index is 10.7. The van der Waals surface area contributed by atoms with Gasteiger partial charge in [-0.1, -0.05) is 6.42 Å². The van der Waals surface area contributed by atoms with Gasteiger partial charge in [-0.2, -0.15) is 0 Å². The first-order valence-corrected chi connectivity index (χ1v) is 5.91. The summed E-state index contributed by atoms with van der Waals surface area (Å²) in [7, 11) is 0. The largest absolute Gasteiger partial charge is 0.508 e. The van der Waals surface area contributed by atoms with Crippen LogP contribution in [0.2, 0.25) is 0 Å². The monoisotopic (exact) mass is 288 g/mol. The lowest BCUT2D eigenvalue weighted by Gasteiger charge is -2.33. The molecule has 0 aliphatic heterocycles. The molecule has 1 aromatic carbocycles. The number of rotatable bonds is 4. The third-order valence-corrected chi connectivity index (χ3v) is 3.58. The van der Waals surface area contributed by atoms with Crippen LogP contribution in [0.5, 0.6) is 5.75 Å². The van der Waals surface area contributed by atoms with Gasteiger partial charge >= 0.3 is 0 Å². The maximum Gasteiger partial charge on any atom is 0.270 e. The summed E-state index contributed by atoms with van der Waals surface area (Å²) < 4.78 is 0. The molecule has 0 aromatic heterocycles. The molecule has 1 saturated carbocycles. The highest BCUT2D eigenvalue weighted by Crippen LogP contribution is 2.37. The Balaban J connectivity index is 0.00000180. The van der Waals surface area contributed by atoms with E-state index in [1.807, 2.05) is 0 Å². The van der Waals surface area contributed by atoms with Gasteiger partial charge in [0, 0.05) is 17.7 Å². The molecule has 19 heavy (non-hydrogen) atoms. The van der Waals surface area contributed by atoms with E-state index in [2.05, 4.69) is 0 Å².